The van der Waals surface area contributed by atoms with E-state index >= 15 is 0 Å². The molecule has 2 aromatic rings. The summed E-state index contributed by atoms with van der Waals surface area (Å²) in [6, 6.07) is 16.2. The van der Waals surface area contributed by atoms with Crippen LogP contribution in [0.25, 0.3) is 0 Å². The Morgan fingerprint density at radius 2 is 1.81 bits per heavy atom. The van der Waals surface area contributed by atoms with Gasteiger partial charge in [0.05, 0.1) is 17.3 Å². The number of carbonyl (C=O) groups excluding carboxylic acids is 2. The largest absolute Gasteiger partial charge is 0.345 e. The molecule has 0 spiro atoms. The lowest BCUT2D eigenvalue weighted by Gasteiger charge is -2.36. The number of amides is 3. The molecule has 1 heterocycles. The molecular weight excluding hydrogens is 394 g/mol. The SMILES string of the molecule is CC1=C(C(=O)N(C)C)C(c2ccccc2)NC(=O)N1c1cccc(Br)c1. The van der Waals surface area contributed by atoms with Gasteiger partial charge in [0.1, 0.15) is 0 Å². The third kappa shape index (κ3) is 3.37. The Morgan fingerprint density at radius 3 is 2.42 bits per heavy atom. The fourth-order valence-electron chi connectivity index (χ4n) is 3.08. The van der Waals surface area contributed by atoms with Gasteiger partial charge in [-0.05, 0) is 30.7 Å². The molecule has 3 rings (SSSR count). The van der Waals surface area contributed by atoms with Crippen LogP contribution in [0.2, 0.25) is 0 Å². The highest BCUT2D eigenvalue weighted by Gasteiger charge is 2.36. The molecule has 0 radical (unpaired) electrons. The summed E-state index contributed by atoms with van der Waals surface area (Å²) in [7, 11) is 3.43. The molecule has 1 aliphatic rings. The summed E-state index contributed by atoms with van der Waals surface area (Å²) in [5.74, 6) is -0.128. The number of anilines is 1. The molecule has 134 valence electrons. The molecule has 2 aromatic carbocycles. The smallest absolute Gasteiger partial charge is 0.326 e. The summed E-state index contributed by atoms with van der Waals surface area (Å²) in [6.45, 7) is 1.81. The zero-order valence-corrected chi connectivity index (χ0v) is 16.4. The lowest BCUT2D eigenvalue weighted by Crippen LogP contribution is -2.49. The summed E-state index contributed by atoms with van der Waals surface area (Å²) in [5, 5.41) is 2.98. The molecular formula is C20H20BrN3O2. The van der Waals surface area contributed by atoms with Gasteiger partial charge in [-0.2, -0.15) is 0 Å². The minimum atomic E-state index is -0.484. The number of nitrogens with one attached hydrogen (secondary N) is 1. The molecule has 0 aliphatic carbocycles. The van der Waals surface area contributed by atoms with Crippen molar-refractivity contribution in [2.24, 2.45) is 0 Å². The minimum absolute atomic E-state index is 0.128. The Morgan fingerprint density at radius 1 is 1.12 bits per heavy atom. The zero-order valence-electron chi connectivity index (χ0n) is 14.9. The van der Waals surface area contributed by atoms with E-state index in [1.54, 1.807) is 19.0 Å². The molecule has 26 heavy (non-hydrogen) atoms. The van der Waals surface area contributed by atoms with Crippen molar-refractivity contribution in [3.8, 4) is 0 Å². The third-order valence-corrected chi connectivity index (χ3v) is 4.81. The van der Waals surface area contributed by atoms with E-state index in [2.05, 4.69) is 21.2 Å². The third-order valence-electron chi connectivity index (χ3n) is 4.32. The average molecular weight is 414 g/mol. The van der Waals surface area contributed by atoms with Gasteiger partial charge in [0.15, 0.2) is 0 Å². The number of likely N-dealkylation sites (N-methyl/N-ethyl adjacent to an activating group) is 1. The number of carbonyl (C=O) groups is 2. The second-order valence-corrected chi connectivity index (χ2v) is 7.22. The maximum Gasteiger partial charge on any atom is 0.326 e. The van der Waals surface area contributed by atoms with Crippen molar-refractivity contribution in [2.45, 2.75) is 13.0 Å². The Kier molecular flexibility index (Phi) is 5.13. The molecule has 6 heteroatoms. The fourth-order valence-corrected chi connectivity index (χ4v) is 3.47. The van der Waals surface area contributed by atoms with Crippen molar-refractivity contribution in [1.82, 2.24) is 10.2 Å². The van der Waals surface area contributed by atoms with Crippen LogP contribution in [0, 0.1) is 0 Å². The predicted molar refractivity (Wildman–Crippen MR) is 106 cm³/mol. The van der Waals surface area contributed by atoms with Crippen molar-refractivity contribution in [1.29, 1.82) is 0 Å². The number of benzene rings is 2. The first-order valence-corrected chi connectivity index (χ1v) is 9.03. The monoisotopic (exact) mass is 413 g/mol. The summed E-state index contributed by atoms with van der Waals surface area (Å²) in [6.07, 6.45) is 0. The topological polar surface area (TPSA) is 52.7 Å². The van der Waals surface area contributed by atoms with Gasteiger partial charge in [-0.1, -0.05) is 52.3 Å². The quantitative estimate of drug-likeness (QED) is 0.823. The minimum Gasteiger partial charge on any atom is -0.345 e. The number of nitrogens with zero attached hydrogens (tertiary/aromatic N) is 2. The molecule has 0 aromatic heterocycles. The predicted octanol–water partition coefficient (Wildman–Crippen LogP) is 4.08. The van der Waals surface area contributed by atoms with E-state index in [0.29, 0.717) is 17.0 Å². The lowest BCUT2D eigenvalue weighted by atomic mass is 9.93. The molecule has 3 amide bonds. The average Bonchev–Trinajstić information content (AvgIpc) is 2.61. The molecule has 1 atom stereocenters. The van der Waals surface area contributed by atoms with E-state index in [0.717, 1.165) is 10.0 Å². The highest BCUT2D eigenvalue weighted by molar-refractivity contribution is 9.10. The van der Waals surface area contributed by atoms with E-state index in [9.17, 15) is 9.59 Å². The van der Waals surface area contributed by atoms with Crippen LogP contribution in [0.3, 0.4) is 0 Å². The number of rotatable bonds is 3. The van der Waals surface area contributed by atoms with Gasteiger partial charge in [-0.3, -0.25) is 9.69 Å². The summed E-state index contributed by atoms with van der Waals surface area (Å²) < 4.78 is 0.862. The van der Waals surface area contributed by atoms with Crippen LogP contribution in [-0.4, -0.2) is 30.9 Å². The summed E-state index contributed by atoms with van der Waals surface area (Å²) in [5.41, 5.74) is 2.75. The molecule has 1 N–H and O–H groups in total. The first-order valence-electron chi connectivity index (χ1n) is 8.23. The first-order chi connectivity index (χ1) is 12.4. The van der Waals surface area contributed by atoms with E-state index in [1.165, 1.54) is 4.90 Å². The van der Waals surface area contributed by atoms with Crippen LogP contribution in [0.15, 0.2) is 70.3 Å². The van der Waals surface area contributed by atoms with Gasteiger partial charge in [0.2, 0.25) is 0 Å². The van der Waals surface area contributed by atoms with Crippen LogP contribution in [0.1, 0.15) is 18.5 Å². The Hall–Kier alpha value is -2.60. The van der Waals surface area contributed by atoms with Crippen molar-refractivity contribution in [2.75, 3.05) is 19.0 Å². The van der Waals surface area contributed by atoms with Crippen LogP contribution in [0.4, 0.5) is 10.5 Å². The zero-order chi connectivity index (χ0) is 18.8. The normalized spacial score (nSPS) is 17.2. The molecule has 0 saturated carbocycles. The van der Waals surface area contributed by atoms with Crippen molar-refractivity contribution in [3.63, 3.8) is 0 Å². The van der Waals surface area contributed by atoms with E-state index in [-0.39, 0.29) is 11.9 Å². The highest BCUT2D eigenvalue weighted by Crippen LogP contribution is 2.34. The Labute approximate surface area is 161 Å². The molecule has 5 nitrogen and oxygen atoms in total. The van der Waals surface area contributed by atoms with E-state index in [1.807, 2.05) is 61.5 Å². The Bertz CT molecular complexity index is 878. The molecule has 0 saturated heterocycles. The van der Waals surface area contributed by atoms with E-state index < -0.39 is 6.04 Å². The lowest BCUT2D eigenvalue weighted by molar-refractivity contribution is -0.125. The summed E-state index contributed by atoms with van der Waals surface area (Å²) >= 11 is 3.43. The van der Waals surface area contributed by atoms with Crippen LogP contribution in [-0.2, 0) is 4.79 Å². The first kappa shape index (κ1) is 18.2. The van der Waals surface area contributed by atoms with Crippen molar-refractivity contribution >= 4 is 33.6 Å². The molecule has 0 fully saturated rings. The van der Waals surface area contributed by atoms with Crippen molar-refractivity contribution < 1.29 is 9.59 Å². The van der Waals surface area contributed by atoms with Crippen molar-refractivity contribution in [3.05, 3.63) is 75.9 Å². The number of urea groups is 1. The molecule has 1 unspecified atom stereocenters. The fraction of sp³-hybridized carbons (Fsp3) is 0.200. The van der Waals surface area contributed by atoms with Gasteiger partial charge in [0, 0.05) is 24.3 Å². The second-order valence-electron chi connectivity index (χ2n) is 6.31. The van der Waals surface area contributed by atoms with Crippen LogP contribution in [0.5, 0.6) is 0 Å². The number of halogens is 1. The maximum atomic E-state index is 12.9. The van der Waals surface area contributed by atoms with Gasteiger partial charge in [-0.25, -0.2) is 4.79 Å². The van der Waals surface area contributed by atoms with Gasteiger partial charge < -0.3 is 10.2 Å². The maximum absolute atomic E-state index is 12.9. The van der Waals surface area contributed by atoms with Gasteiger partial charge in [-0.15, -0.1) is 0 Å². The number of allylic oxidation sites excluding steroid dienone is 1. The van der Waals surface area contributed by atoms with Gasteiger partial charge >= 0.3 is 6.03 Å². The molecule has 0 bridgehead atoms. The van der Waals surface area contributed by atoms with Gasteiger partial charge in [0.25, 0.3) is 5.91 Å². The van der Waals surface area contributed by atoms with Crippen LogP contribution >= 0.6 is 15.9 Å². The van der Waals surface area contributed by atoms with E-state index in [4.69, 9.17) is 0 Å². The number of hydrogen-bond donors (Lipinski definition) is 1. The summed E-state index contributed by atoms with van der Waals surface area (Å²) in [4.78, 5) is 28.9. The highest BCUT2D eigenvalue weighted by atomic mass is 79.9. The Balaban J connectivity index is 2.16. The molecule has 1 aliphatic heterocycles. The number of hydrogen-bond acceptors (Lipinski definition) is 2. The standard InChI is InChI=1S/C20H20BrN3O2/c1-13-17(19(25)23(2)3)18(14-8-5-4-6-9-14)22-20(26)24(13)16-11-7-10-15(21)12-16/h4-12,18H,1-3H3,(H,22,26). The van der Waals surface area contributed by atoms with Crippen LogP contribution < -0.4 is 10.2 Å². The second kappa shape index (κ2) is 7.33.